The van der Waals surface area contributed by atoms with Crippen molar-refractivity contribution in [2.75, 3.05) is 0 Å². The fraction of sp³-hybridized carbons (Fsp3) is 0.353. The molecule has 0 aliphatic heterocycles. The van der Waals surface area contributed by atoms with Crippen LogP contribution in [0.15, 0.2) is 38.9 Å². The number of fused-ring (bicyclic) bond motifs is 1. The second kappa shape index (κ2) is 6.66. The van der Waals surface area contributed by atoms with Gasteiger partial charge in [-0.1, -0.05) is 0 Å². The molecule has 0 fully saturated rings. The highest BCUT2D eigenvalue weighted by Crippen LogP contribution is 2.20. The summed E-state index contributed by atoms with van der Waals surface area (Å²) in [5, 5.41) is 3.78. The Morgan fingerprint density at radius 2 is 1.61 bits per heavy atom. The molecule has 0 atom stereocenters. The molecule has 1 aromatic carbocycles. The van der Waals surface area contributed by atoms with E-state index in [4.69, 9.17) is 0 Å². The largest absolute Gasteiger partial charge is 0.333 e. The summed E-state index contributed by atoms with van der Waals surface area (Å²) >= 11 is 0. The van der Waals surface area contributed by atoms with Crippen LogP contribution in [-0.2, 0) is 10.0 Å². The van der Waals surface area contributed by atoms with Crippen molar-refractivity contribution >= 4 is 21.1 Å². The first-order valence-electron chi connectivity index (χ1n) is 8.43. The van der Waals surface area contributed by atoms with Gasteiger partial charge in [-0.2, -0.15) is 12.5 Å². The third-order valence-electron chi connectivity index (χ3n) is 4.21. The minimum absolute atomic E-state index is 0.104. The normalized spacial score (nSPS) is 12.4. The number of benzene rings is 1. The molecule has 11 heteroatoms. The molecular weight excluding hydrogens is 394 g/mol. The van der Waals surface area contributed by atoms with E-state index in [1.54, 1.807) is 27.7 Å². The van der Waals surface area contributed by atoms with Gasteiger partial charge in [0.1, 0.15) is 21.9 Å². The van der Waals surface area contributed by atoms with Gasteiger partial charge in [0.15, 0.2) is 5.65 Å². The van der Waals surface area contributed by atoms with Crippen LogP contribution >= 0.6 is 0 Å². The Morgan fingerprint density at radius 1 is 1.00 bits per heavy atom. The third kappa shape index (κ3) is 2.95. The van der Waals surface area contributed by atoms with Crippen LogP contribution in [0.2, 0.25) is 0 Å². The fourth-order valence-electron chi connectivity index (χ4n) is 2.93. The summed E-state index contributed by atoms with van der Waals surface area (Å²) in [6, 6.07) is 1.12. The number of aromatic nitrogens is 4. The highest BCUT2D eigenvalue weighted by Gasteiger charge is 2.26. The van der Waals surface area contributed by atoms with Crippen molar-refractivity contribution in [3.8, 4) is 0 Å². The second-order valence-corrected chi connectivity index (χ2v) is 8.60. The molecule has 3 rings (SSSR count). The molecule has 0 saturated carbocycles. The zero-order valence-corrected chi connectivity index (χ0v) is 16.4. The monoisotopic (exact) mass is 412 g/mol. The van der Waals surface area contributed by atoms with E-state index in [9.17, 15) is 26.8 Å². The minimum atomic E-state index is -4.55. The average Bonchev–Trinajstić information content (AvgIpc) is 2.99. The van der Waals surface area contributed by atoms with Crippen LogP contribution < -0.4 is 11.2 Å². The molecule has 0 aliphatic rings. The maximum Gasteiger partial charge on any atom is 0.333 e. The Balaban J connectivity index is 2.39. The van der Waals surface area contributed by atoms with E-state index < -0.39 is 49.9 Å². The van der Waals surface area contributed by atoms with Gasteiger partial charge in [-0.15, -0.1) is 5.10 Å². The molecule has 0 radical (unpaired) electrons. The van der Waals surface area contributed by atoms with Crippen molar-refractivity contribution < 1.29 is 17.2 Å². The smallest absolute Gasteiger partial charge is 0.273 e. The summed E-state index contributed by atoms with van der Waals surface area (Å²) in [5.74, 6) is -2.23. The average molecular weight is 412 g/mol. The van der Waals surface area contributed by atoms with Crippen LogP contribution in [-0.4, -0.2) is 26.7 Å². The summed E-state index contributed by atoms with van der Waals surface area (Å²) in [6.45, 7) is 6.66. The van der Waals surface area contributed by atoms with Gasteiger partial charge < -0.3 is 0 Å². The van der Waals surface area contributed by atoms with Crippen molar-refractivity contribution in [2.24, 2.45) is 0 Å². The second-order valence-electron chi connectivity index (χ2n) is 6.83. The Labute approximate surface area is 158 Å². The van der Waals surface area contributed by atoms with Gasteiger partial charge in [-0.25, -0.2) is 13.6 Å². The van der Waals surface area contributed by atoms with Crippen LogP contribution in [0.3, 0.4) is 0 Å². The molecule has 0 N–H and O–H groups in total. The maximum atomic E-state index is 14.0. The number of rotatable bonds is 4. The topological polar surface area (TPSA) is 96.0 Å². The molecule has 0 unspecified atom stereocenters. The first-order chi connectivity index (χ1) is 13.0. The van der Waals surface area contributed by atoms with E-state index >= 15 is 0 Å². The van der Waals surface area contributed by atoms with E-state index in [0.29, 0.717) is 10.2 Å². The Bertz CT molecular complexity index is 1300. The Hall–Kier alpha value is -2.82. The van der Waals surface area contributed by atoms with Crippen molar-refractivity contribution in [2.45, 2.75) is 44.7 Å². The lowest BCUT2D eigenvalue weighted by atomic mass is 10.3. The van der Waals surface area contributed by atoms with Gasteiger partial charge in [-0.05, 0) is 39.8 Å². The molecule has 8 nitrogen and oxygen atoms in total. The summed E-state index contributed by atoms with van der Waals surface area (Å²) in [5.41, 5.74) is -1.46. The quantitative estimate of drug-likeness (QED) is 0.653. The number of nitrogens with zero attached hydrogens (tertiary/aromatic N) is 4. The van der Waals surface area contributed by atoms with Gasteiger partial charge in [0.25, 0.3) is 15.6 Å². The number of hydrogen-bond acceptors (Lipinski definition) is 5. The Kier molecular flexibility index (Phi) is 4.74. The molecule has 2 heterocycles. The van der Waals surface area contributed by atoms with Crippen LogP contribution in [0.4, 0.5) is 8.78 Å². The van der Waals surface area contributed by atoms with Gasteiger partial charge in [0.05, 0.1) is 6.20 Å². The maximum absolute atomic E-state index is 14.0. The van der Waals surface area contributed by atoms with Crippen molar-refractivity contribution in [3.63, 3.8) is 0 Å². The predicted molar refractivity (Wildman–Crippen MR) is 98.0 cm³/mol. The highest BCUT2D eigenvalue weighted by molar-refractivity contribution is 7.89. The standard InChI is InChI=1S/C17H18F2N4O4S/c1-9(2)22-15-12(16(24)23(10(3)4)17(22)25)8-21(20-15)28(26,27)14-6-5-11(18)7-13(14)19/h5-10H,1-4H3. The van der Waals surface area contributed by atoms with Gasteiger partial charge in [0.2, 0.25) is 0 Å². The summed E-state index contributed by atoms with van der Waals surface area (Å²) in [6.07, 6.45) is 0.937. The summed E-state index contributed by atoms with van der Waals surface area (Å²) in [4.78, 5) is 24.7. The number of halogens is 2. The van der Waals surface area contributed by atoms with Crippen molar-refractivity contribution in [3.05, 3.63) is 56.9 Å². The molecule has 0 spiro atoms. The zero-order valence-electron chi connectivity index (χ0n) is 15.6. The predicted octanol–water partition coefficient (Wildman–Crippen LogP) is 2.04. The van der Waals surface area contributed by atoms with Gasteiger partial charge in [0, 0.05) is 18.2 Å². The third-order valence-corrected chi connectivity index (χ3v) is 5.78. The van der Waals surface area contributed by atoms with Gasteiger partial charge in [-0.3, -0.25) is 13.9 Å². The molecule has 2 aromatic heterocycles. The molecule has 0 saturated heterocycles. The van der Waals surface area contributed by atoms with Crippen LogP contribution in [0.1, 0.15) is 39.8 Å². The lowest BCUT2D eigenvalue weighted by Crippen LogP contribution is -2.41. The molecule has 0 aliphatic carbocycles. The van der Waals surface area contributed by atoms with Crippen LogP contribution in [0.5, 0.6) is 0 Å². The minimum Gasteiger partial charge on any atom is -0.273 e. The summed E-state index contributed by atoms with van der Waals surface area (Å²) < 4.78 is 55.3. The molecule has 0 bridgehead atoms. The molecular formula is C17H18F2N4O4S. The van der Waals surface area contributed by atoms with E-state index in [1.165, 1.54) is 4.57 Å². The van der Waals surface area contributed by atoms with E-state index in [-0.39, 0.29) is 11.0 Å². The zero-order chi connectivity index (χ0) is 21.0. The van der Waals surface area contributed by atoms with Gasteiger partial charge >= 0.3 is 5.69 Å². The van der Waals surface area contributed by atoms with Crippen LogP contribution in [0.25, 0.3) is 11.0 Å². The Morgan fingerprint density at radius 3 is 2.14 bits per heavy atom. The number of hydrogen-bond donors (Lipinski definition) is 0. The van der Waals surface area contributed by atoms with E-state index in [2.05, 4.69) is 5.10 Å². The molecule has 0 amide bonds. The molecule has 28 heavy (non-hydrogen) atoms. The fourth-order valence-corrected chi connectivity index (χ4v) is 4.10. The summed E-state index contributed by atoms with van der Waals surface area (Å²) in [7, 11) is -4.55. The first-order valence-corrected chi connectivity index (χ1v) is 9.88. The van der Waals surface area contributed by atoms with Crippen LogP contribution in [0, 0.1) is 11.6 Å². The SMILES string of the molecule is CC(C)n1c(=O)c2cn(S(=O)(=O)c3ccc(F)cc3F)nc2n(C(C)C)c1=O. The highest BCUT2D eigenvalue weighted by atomic mass is 32.2. The first kappa shape index (κ1) is 19.9. The van der Waals surface area contributed by atoms with E-state index in [0.717, 1.165) is 22.9 Å². The molecule has 3 aromatic rings. The van der Waals surface area contributed by atoms with Crippen molar-refractivity contribution in [1.29, 1.82) is 0 Å². The van der Waals surface area contributed by atoms with Crippen molar-refractivity contribution in [1.82, 2.24) is 18.3 Å². The lowest BCUT2D eigenvalue weighted by molar-refractivity contribution is 0.486. The molecule has 150 valence electrons. The lowest BCUT2D eigenvalue weighted by Gasteiger charge is -2.15. The van der Waals surface area contributed by atoms with E-state index in [1.807, 2.05) is 0 Å².